The van der Waals surface area contributed by atoms with Crippen molar-refractivity contribution >= 4 is 22.9 Å². The van der Waals surface area contributed by atoms with Gasteiger partial charge in [0.2, 0.25) is 5.91 Å². The summed E-state index contributed by atoms with van der Waals surface area (Å²) in [6, 6.07) is 5.64. The quantitative estimate of drug-likeness (QED) is 0.867. The third-order valence-electron chi connectivity index (χ3n) is 4.75. The summed E-state index contributed by atoms with van der Waals surface area (Å²) in [6.07, 6.45) is -4.43. The highest BCUT2D eigenvalue weighted by Crippen LogP contribution is 2.37. The molecule has 0 bridgehead atoms. The van der Waals surface area contributed by atoms with Crippen molar-refractivity contribution < 1.29 is 27.9 Å². The Bertz CT molecular complexity index is 847. The van der Waals surface area contributed by atoms with Gasteiger partial charge in [0.25, 0.3) is 0 Å². The standard InChI is InChI=1S/C17H18F3N3O3/c1-9-3-2-4-12-15(9)22-13(21-12)5-6-14(24)23-7-10(16(25)26)11(8-23)17(18,19)20/h2-4,10-11H,5-8H2,1H3,(H,21,22)(H,25,26)/t10-,11-/m1/s1. The molecule has 140 valence electrons. The number of likely N-dealkylation sites (tertiary alicyclic amines) is 1. The highest BCUT2D eigenvalue weighted by atomic mass is 19.4. The minimum atomic E-state index is -4.64. The highest BCUT2D eigenvalue weighted by molar-refractivity contribution is 5.80. The van der Waals surface area contributed by atoms with Crippen molar-refractivity contribution in [1.29, 1.82) is 0 Å². The van der Waals surface area contributed by atoms with Crippen molar-refractivity contribution in [3.63, 3.8) is 0 Å². The van der Waals surface area contributed by atoms with E-state index in [2.05, 4.69) is 9.97 Å². The number of H-pyrrole nitrogens is 1. The number of fused-ring (bicyclic) bond motifs is 1. The maximum Gasteiger partial charge on any atom is 0.394 e. The lowest BCUT2D eigenvalue weighted by atomic mass is 9.96. The Morgan fingerprint density at radius 3 is 2.65 bits per heavy atom. The lowest BCUT2D eigenvalue weighted by Crippen LogP contribution is -2.34. The summed E-state index contributed by atoms with van der Waals surface area (Å²) in [5.41, 5.74) is 2.60. The van der Waals surface area contributed by atoms with Crippen LogP contribution in [-0.4, -0.2) is 51.1 Å². The van der Waals surface area contributed by atoms with E-state index in [1.807, 2.05) is 25.1 Å². The molecule has 1 aliphatic heterocycles. The monoisotopic (exact) mass is 369 g/mol. The van der Waals surface area contributed by atoms with Crippen LogP contribution in [0.25, 0.3) is 11.0 Å². The lowest BCUT2D eigenvalue weighted by Gasteiger charge is -2.18. The first-order valence-corrected chi connectivity index (χ1v) is 8.18. The number of aryl methyl sites for hydroxylation is 2. The van der Waals surface area contributed by atoms with Gasteiger partial charge in [-0.05, 0) is 18.6 Å². The van der Waals surface area contributed by atoms with Gasteiger partial charge in [-0.2, -0.15) is 13.2 Å². The summed E-state index contributed by atoms with van der Waals surface area (Å²) < 4.78 is 39.0. The second kappa shape index (κ2) is 6.62. The van der Waals surface area contributed by atoms with E-state index in [0.29, 0.717) is 5.82 Å². The molecule has 1 aromatic carbocycles. The summed E-state index contributed by atoms with van der Waals surface area (Å²) in [5, 5.41) is 9.01. The Morgan fingerprint density at radius 2 is 2.08 bits per heavy atom. The molecule has 0 radical (unpaired) electrons. The molecule has 26 heavy (non-hydrogen) atoms. The van der Waals surface area contributed by atoms with E-state index < -0.39 is 43.0 Å². The van der Waals surface area contributed by atoms with Gasteiger partial charge in [0.05, 0.1) is 22.9 Å². The van der Waals surface area contributed by atoms with E-state index in [0.717, 1.165) is 21.5 Å². The van der Waals surface area contributed by atoms with E-state index in [1.165, 1.54) is 0 Å². The lowest BCUT2D eigenvalue weighted by molar-refractivity contribution is -0.188. The molecule has 1 saturated heterocycles. The number of alkyl halides is 3. The molecule has 0 unspecified atom stereocenters. The summed E-state index contributed by atoms with van der Waals surface area (Å²) >= 11 is 0. The van der Waals surface area contributed by atoms with Gasteiger partial charge >= 0.3 is 12.1 Å². The molecule has 9 heteroatoms. The minimum absolute atomic E-state index is 0.0320. The first-order chi connectivity index (χ1) is 12.2. The molecule has 3 rings (SSSR count). The largest absolute Gasteiger partial charge is 0.481 e. The topological polar surface area (TPSA) is 86.3 Å². The maximum atomic E-state index is 13.0. The van der Waals surface area contributed by atoms with Gasteiger partial charge in [-0.3, -0.25) is 9.59 Å². The third-order valence-corrected chi connectivity index (χ3v) is 4.75. The molecule has 2 heterocycles. The number of carboxylic acids is 1. The van der Waals surface area contributed by atoms with Crippen LogP contribution < -0.4 is 0 Å². The molecule has 0 aliphatic carbocycles. The van der Waals surface area contributed by atoms with Crippen LogP contribution in [0, 0.1) is 18.8 Å². The van der Waals surface area contributed by atoms with Gasteiger partial charge < -0.3 is 15.0 Å². The predicted molar refractivity (Wildman–Crippen MR) is 86.4 cm³/mol. The molecule has 1 fully saturated rings. The maximum absolute atomic E-state index is 13.0. The van der Waals surface area contributed by atoms with E-state index >= 15 is 0 Å². The molecule has 0 saturated carbocycles. The van der Waals surface area contributed by atoms with Crippen molar-refractivity contribution in [3.05, 3.63) is 29.6 Å². The average molecular weight is 369 g/mol. The molecule has 1 amide bonds. The predicted octanol–water partition coefficient (Wildman–Crippen LogP) is 2.53. The van der Waals surface area contributed by atoms with Gasteiger partial charge in [-0.1, -0.05) is 12.1 Å². The number of imidazole rings is 1. The van der Waals surface area contributed by atoms with Crippen LogP contribution >= 0.6 is 0 Å². The number of nitrogens with one attached hydrogen (secondary N) is 1. The molecule has 2 N–H and O–H groups in total. The molecule has 2 atom stereocenters. The fraction of sp³-hybridized carbons (Fsp3) is 0.471. The fourth-order valence-electron chi connectivity index (χ4n) is 3.32. The van der Waals surface area contributed by atoms with Crippen molar-refractivity contribution in [3.8, 4) is 0 Å². The second-order valence-electron chi connectivity index (χ2n) is 6.55. The Balaban J connectivity index is 1.66. The average Bonchev–Trinajstić information content (AvgIpc) is 3.17. The number of aliphatic carboxylic acids is 1. The molecule has 6 nitrogen and oxygen atoms in total. The molecule has 0 spiro atoms. The van der Waals surface area contributed by atoms with E-state index in [9.17, 15) is 22.8 Å². The summed E-state index contributed by atoms with van der Waals surface area (Å²) in [6.45, 7) is 0.877. The molecular formula is C17H18F3N3O3. The smallest absolute Gasteiger partial charge is 0.394 e. The van der Waals surface area contributed by atoms with Crippen molar-refractivity contribution in [2.24, 2.45) is 11.8 Å². The van der Waals surface area contributed by atoms with Crippen molar-refractivity contribution in [1.82, 2.24) is 14.9 Å². The minimum Gasteiger partial charge on any atom is -0.481 e. The number of aromatic nitrogens is 2. The Labute approximate surface area is 147 Å². The van der Waals surface area contributed by atoms with Gasteiger partial charge in [0.1, 0.15) is 5.82 Å². The molecule has 2 aromatic rings. The summed E-state index contributed by atoms with van der Waals surface area (Å²) in [5.74, 6) is -5.11. The molecule has 1 aliphatic rings. The summed E-state index contributed by atoms with van der Waals surface area (Å²) in [7, 11) is 0. The van der Waals surface area contributed by atoms with Crippen LogP contribution in [0.1, 0.15) is 17.8 Å². The van der Waals surface area contributed by atoms with Gasteiger partial charge in [0, 0.05) is 25.9 Å². The fourth-order valence-corrected chi connectivity index (χ4v) is 3.32. The van der Waals surface area contributed by atoms with Crippen LogP contribution in [0.5, 0.6) is 0 Å². The van der Waals surface area contributed by atoms with Crippen molar-refractivity contribution in [2.75, 3.05) is 13.1 Å². The van der Waals surface area contributed by atoms with Gasteiger partial charge in [0.15, 0.2) is 0 Å². The number of halogens is 3. The first kappa shape index (κ1) is 18.2. The van der Waals surface area contributed by atoms with Crippen LogP contribution in [0.15, 0.2) is 18.2 Å². The molecular weight excluding hydrogens is 351 g/mol. The molecule has 1 aromatic heterocycles. The third kappa shape index (κ3) is 3.51. The first-order valence-electron chi connectivity index (χ1n) is 8.18. The van der Waals surface area contributed by atoms with E-state index in [-0.39, 0.29) is 12.8 Å². The number of rotatable bonds is 4. The number of benzene rings is 1. The number of aromatic amines is 1. The number of carbonyl (C=O) groups is 2. The van der Waals surface area contributed by atoms with Crippen LogP contribution in [0.3, 0.4) is 0 Å². The second-order valence-corrected chi connectivity index (χ2v) is 6.55. The normalized spacial score (nSPS) is 20.7. The Kier molecular flexibility index (Phi) is 4.64. The zero-order valence-electron chi connectivity index (χ0n) is 14.0. The van der Waals surface area contributed by atoms with Crippen molar-refractivity contribution in [2.45, 2.75) is 25.9 Å². The van der Waals surface area contributed by atoms with E-state index in [4.69, 9.17) is 5.11 Å². The van der Waals surface area contributed by atoms with Crippen LogP contribution in [0.2, 0.25) is 0 Å². The number of hydrogen-bond donors (Lipinski definition) is 2. The number of nitrogens with zero attached hydrogens (tertiary/aromatic N) is 2. The number of para-hydroxylation sites is 1. The highest BCUT2D eigenvalue weighted by Gasteiger charge is 2.53. The zero-order valence-corrected chi connectivity index (χ0v) is 14.0. The number of hydrogen-bond acceptors (Lipinski definition) is 3. The zero-order chi connectivity index (χ0) is 19.1. The number of carbonyl (C=O) groups excluding carboxylic acids is 1. The van der Waals surface area contributed by atoms with Gasteiger partial charge in [-0.25, -0.2) is 4.98 Å². The summed E-state index contributed by atoms with van der Waals surface area (Å²) in [4.78, 5) is 31.8. The van der Waals surface area contributed by atoms with Gasteiger partial charge in [-0.15, -0.1) is 0 Å². The number of carboxylic acid groups (broad SMARTS) is 1. The SMILES string of the molecule is Cc1cccc2[nH]c(CCC(=O)N3C[C@@H](C(F)(F)F)[C@H](C(=O)O)C3)nc12. The number of amides is 1. The van der Waals surface area contributed by atoms with Crippen LogP contribution in [-0.2, 0) is 16.0 Å². The Morgan fingerprint density at radius 1 is 1.35 bits per heavy atom. The van der Waals surface area contributed by atoms with E-state index in [1.54, 1.807) is 0 Å². The Hall–Kier alpha value is -2.58. The van der Waals surface area contributed by atoms with Crippen LogP contribution in [0.4, 0.5) is 13.2 Å².